The Kier molecular flexibility index (Phi) is 7.19. The van der Waals surface area contributed by atoms with E-state index in [1.165, 1.54) is 24.4 Å². The quantitative estimate of drug-likeness (QED) is 0.308. The summed E-state index contributed by atoms with van der Waals surface area (Å²) in [5, 5.41) is 15.2. The van der Waals surface area contributed by atoms with Crippen LogP contribution in [0.5, 0.6) is 11.8 Å². The molecule has 0 aliphatic carbocycles. The lowest BCUT2D eigenvalue weighted by Gasteiger charge is -2.42. The van der Waals surface area contributed by atoms with E-state index in [2.05, 4.69) is 25.1 Å². The Bertz CT molecular complexity index is 2000. The van der Waals surface area contributed by atoms with Crippen molar-refractivity contribution >= 4 is 33.4 Å². The van der Waals surface area contributed by atoms with E-state index in [1.807, 2.05) is 7.05 Å². The maximum Gasteiger partial charge on any atom is 0.319 e. The molecule has 5 aliphatic rings. The lowest BCUT2D eigenvalue weighted by molar-refractivity contribution is -0.132. The zero-order valence-corrected chi connectivity index (χ0v) is 27.4. The SMILES string of the molecule is CN1CCO[C@H]2CN3CCC[C@]3(COc3nc(c4cnc(-c5cc(O)cc6cccc(F)c56)c(F)c4n3)N3C[C@@H]4CC[C@](CC1=O)(C3)N4)C2. The number of nitrogens with zero attached hydrogens (tertiary/aromatic N) is 6. The first kappa shape index (κ1) is 30.8. The topological polar surface area (TPSA) is 116 Å². The zero-order chi connectivity index (χ0) is 33.5. The number of aromatic hydroxyl groups is 1. The van der Waals surface area contributed by atoms with E-state index in [0.717, 1.165) is 45.2 Å². The third kappa shape index (κ3) is 5.16. The van der Waals surface area contributed by atoms with Gasteiger partial charge in [-0.1, -0.05) is 12.1 Å². The Hall–Kier alpha value is -4.20. The van der Waals surface area contributed by atoms with Crippen LogP contribution in [0.4, 0.5) is 14.6 Å². The molecule has 1 amide bonds. The zero-order valence-electron chi connectivity index (χ0n) is 27.4. The summed E-state index contributed by atoms with van der Waals surface area (Å²) < 4.78 is 44.9. The van der Waals surface area contributed by atoms with Crippen LogP contribution in [0.3, 0.4) is 0 Å². The Morgan fingerprint density at radius 1 is 1.12 bits per heavy atom. The van der Waals surface area contributed by atoms with Crippen molar-refractivity contribution < 1.29 is 28.2 Å². The van der Waals surface area contributed by atoms with Crippen LogP contribution < -0.4 is 15.0 Å². The molecule has 4 aromatic rings. The second-order valence-corrected chi connectivity index (χ2v) is 14.6. The molecular formula is C36H39F2N7O4. The number of phenolic OH excluding ortho intramolecular Hbond substituents is 1. The van der Waals surface area contributed by atoms with Crippen molar-refractivity contribution in [3.05, 3.63) is 48.2 Å². The Balaban J connectivity index is 1.19. The van der Waals surface area contributed by atoms with Crippen molar-refractivity contribution in [3.63, 3.8) is 0 Å². The van der Waals surface area contributed by atoms with Gasteiger partial charge in [-0.25, -0.2) is 8.78 Å². The number of aromatic nitrogens is 3. The highest BCUT2D eigenvalue weighted by atomic mass is 19.1. The highest BCUT2D eigenvalue weighted by Crippen LogP contribution is 2.43. The van der Waals surface area contributed by atoms with Crippen LogP contribution in [0.2, 0.25) is 0 Å². The first-order valence-corrected chi connectivity index (χ1v) is 17.2. The first-order chi connectivity index (χ1) is 23.7. The predicted octanol–water partition coefficient (Wildman–Crippen LogP) is 4.00. The largest absolute Gasteiger partial charge is 0.508 e. The van der Waals surface area contributed by atoms with Gasteiger partial charge in [0.25, 0.3) is 0 Å². The molecule has 4 saturated heterocycles. The molecule has 2 N–H and O–H groups in total. The van der Waals surface area contributed by atoms with Crippen molar-refractivity contribution in [1.82, 2.24) is 30.1 Å². The Morgan fingerprint density at radius 2 is 2.02 bits per heavy atom. The number of pyridine rings is 1. The van der Waals surface area contributed by atoms with E-state index in [9.17, 15) is 9.90 Å². The number of halogens is 2. The smallest absolute Gasteiger partial charge is 0.319 e. The number of amides is 1. The number of benzene rings is 2. The van der Waals surface area contributed by atoms with Gasteiger partial charge in [-0.05, 0) is 62.2 Å². The van der Waals surface area contributed by atoms with Gasteiger partial charge in [-0.15, -0.1) is 0 Å². The van der Waals surface area contributed by atoms with E-state index in [4.69, 9.17) is 14.5 Å². The average molecular weight is 672 g/mol. The fraction of sp³-hybridized carbons (Fsp3) is 0.500. The van der Waals surface area contributed by atoms with Crippen LogP contribution in [-0.2, 0) is 9.53 Å². The summed E-state index contributed by atoms with van der Waals surface area (Å²) in [6.45, 7) is 4.12. The number of hydrogen-bond acceptors (Lipinski definition) is 10. The second kappa shape index (κ2) is 11.4. The number of anilines is 1. The number of ether oxygens (including phenoxy) is 2. The number of piperazine rings is 1. The molecule has 7 heterocycles. The molecular weight excluding hydrogens is 632 g/mol. The minimum atomic E-state index is -0.758. The average Bonchev–Trinajstić information content (AvgIpc) is 3.72. The molecule has 4 fully saturated rings. The van der Waals surface area contributed by atoms with Crippen molar-refractivity contribution in [2.75, 3.05) is 57.9 Å². The molecule has 2 aromatic carbocycles. The number of carbonyl (C=O) groups is 1. The molecule has 11 nitrogen and oxygen atoms in total. The van der Waals surface area contributed by atoms with E-state index < -0.39 is 17.2 Å². The molecule has 0 radical (unpaired) electrons. The summed E-state index contributed by atoms with van der Waals surface area (Å²) in [4.78, 5) is 33.9. The van der Waals surface area contributed by atoms with Crippen molar-refractivity contribution in [2.45, 2.75) is 61.7 Å². The van der Waals surface area contributed by atoms with Gasteiger partial charge in [0, 0.05) is 68.4 Å². The summed E-state index contributed by atoms with van der Waals surface area (Å²) in [5.41, 5.74) is -0.737. The van der Waals surface area contributed by atoms with Gasteiger partial charge < -0.3 is 29.7 Å². The third-order valence-corrected chi connectivity index (χ3v) is 11.5. The standard InChI is InChI=1S/C36H39F2N7O4/c1-43-10-11-48-24-14-36(7-3-9-45(36)18-24)20-49-34-40-32-26(33(41-34)44-17-22-6-8-35(19-44,42-22)15-28(43)47)16-39-31(30(32)38)25-13-23(46)12-21-4-2-5-27(37)29(21)25/h2,4-5,12-13,16,22,24,42,46H,3,6-11,14-15,17-20H2,1H3/t22-,24+,35-,36+/m0/s1. The van der Waals surface area contributed by atoms with E-state index in [1.54, 1.807) is 17.0 Å². The number of rotatable bonds is 1. The highest BCUT2D eigenvalue weighted by molar-refractivity contribution is 6.00. The lowest BCUT2D eigenvalue weighted by Crippen LogP contribution is -2.61. The molecule has 2 aromatic heterocycles. The molecule has 256 valence electrons. The van der Waals surface area contributed by atoms with Crippen molar-refractivity contribution in [1.29, 1.82) is 0 Å². The molecule has 2 spiro atoms. The van der Waals surface area contributed by atoms with Crippen LogP contribution in [0, 0.1) is 11.6 Å². The van der Waals surface area contributed by atoms with Gasteiger partial charge >= 0.3 is 6.01 Å². The lowest BCUT2D eigenvalue weighted by atomic mass is 9.91. The maximum atomic E-state index is 16.9. The van der Waals surface area contributed by atoms with E-state index in [-0.39, 0.29) is 57.5 Å². The molecule has 49 heavy (non-hydrogen) atoms. The van der Waals surface area contributed by atoms with Crippen LogP contribution in [0.15, 0.2) is 36.5 Å². The molecule has 7 bridgehead atoms. The maximum absolute atomic E-state index is 16.9. The number of phenols is 1. The Morgan fingerprint density at radius 3 is 2.92 bits per heavy atom. The van der Waals surface area contributed by atoms with E-state index >= 15 is 8.78 Å². The number of nitrogens with one attached hydrogen (secondary N) is 1. The third-order valence-electron chi connectivity index (χ3n) is 11.5. The normalized spacial score (nSPS) is 29.0. The fourth-order valence-electron chi connectivity index (χ4n) is 9.09. The van der Waals surface area contributed by atoms with Gasteiger partial charge in [-0.3, -0.25) is 14.7 Å². The van der Waals surface area contributed by atoms with Crippen molar-refractivity contribution in [2.24, 2.45) is 0 Å². The molecule has 0 saturated carbocycles. The second-order valence-electron chi connectivity index (χ2n) is 14.6. The highest BCUT2D eigenvalue weighted by Gasteiger charge is 2.50. The van der Waals surface area contributed by atoms with Crippen molar-refractivity contribution in [3.8, 4) is 23.0 Å². The van der Waals surface area contributed by atoms with Gasteiger partial charge in [0.05, 0.1) is 23.6 Å². The molecule has 13 heteroatoms. The molecule has 0 unspecified atom stereocenters. The minimum absolute atomic E-state index is 0.0000947. The van der Waals surface area contributed by atoms with Crippen LogP contribution >= 0.6 is 0 Å². The van der Waals surface area contributed by atoms with Crippen LogP contribution in [0.1, 0.15) is 38.5 Å². The summed E-state index contributed by atoms with van der Waals surface area (Å²) in [7, 11) is 1.84. The first-order valence-electron chi connectivity index (χ1n) is 17.2. The molecule has 4 atom stereocenters. The molecule has 5 aliphatic heterocycles. The minimum Gasteiger partial charge on any atom is -0.508 e. The van der Waals surface area contributed by atoms with E-state index in [0.29, 0.717) is 55.9 Å². The number of fused-ring (bicyclic) bond motifs is 9. The van der Waals surface area contributed by atoms with Gasteiger partial charge in [-0.2, -0.15) is 9.97 Å². The molecule has 9 rings (SSSR count). The summed E-state index contributed by atoms with van der Waals surface area (Å²) >= 11 is 0. The van der Waals surface area contributed by atoms with Gasteiger partial charge in [0.2, 0.25) is 5.91 Å². The van der Waals surface area contributed by atoms with Gasteiger partial charge in [0.15, 0.2) is 5.82 Å². The number of carbonyl (C=O) groups excluding carboxylic acids is 1. The van der Waals surface area contributed by atoms with Crippen LogP contribution in [-0.4, -0.2) is 112 Å². The fourth-order valence-corrected chi connectivity index (χ4v) is 9.09. The van der Waals surface area contributed by atoms with Gasteiger partial charge in [0.1, 0.15) is 35.2 Å². The van der Waals surface area contributed by atoms with Crippen LogP contribution in [0.25, 0.3) is 32.9 Å². The number of likely N-dealkylation sites (N-methyl/N-ethyl adjacent to an activating group) is 1. The Labute approximate surface area is 282 Å². The monoisotopic (exact) mass is 671 g/mol. The predicted molar refractivity (Wildman–Crippen MR) is 179 cm³/mol. The number of hydrogen-bond donors (Lipinski definition) is 2. The summed E-state index contributed by atoms with van der Waals surface area (Å²) in [6.07, 6.45) is 6.34. The summed E-state index contributed by atoms with van der Waals surface area (Å²) in [6, 6.07) is 7.44. The summed E-state index contributed by atoms with van der Waals surface area (Å²) in [5.74, 6) is -0.906.